The van der Waals surface area contributed by atoms with E-state index in [2.05, 4.69) is 10.3 Å². The normalized spacial score (nSPS) is 12.7. The molecule has 1 unspecified atom stereocenters. The Morgan fingerprint density at radius 2 is 2.29 bits per heavy atom. The topological polar surface area (TPSA) is 56.7 Å². The second kappa shape index (κ2) is 4.81. The zero-order valence-corrected chi connectivity index (χ0v) is 10.0. The van der Waals surface area contributed by atoms with Gasteiger partial charge < -0.3 is 5.73 Å². The number of hydrogen-bond acceptors (Lipinski definition) is 3. The molecule has 0 aliphatic heterocycles. The highest BCUT2D eigenvalue weighted by Gasteiger charge is 2.16. The largest absolute Gasteiger partial charge is 0.323 e. The summed E-state index contributed by atoms with van der Waals surface area (Å²) in [5, 5.41) is 8.04. The molecule has 0 fully saturated rings. The lowest BCUT2D eigenvalue weighted by Gasteiger charge is -2.12. The van der Waals surface area contributed by atoms with Gasteiger partial charge in [-0.15, -0.1) is 5.10 Å². The molecule has 90 valence electrons. The summed E-state index contributed by atoms with van der Waals surface area (Å²) in [5.41, 5.74) is 6.96. The van der Waals surface area contributed by atoms with Crippen molar-refractivity contribution in [2.45, 2.75) is 12.5 Å². The molecule has 17 heavy (non-hydrogen) atoms. The third-order valence-electron chi connectivity index (χ3n) is 2.45. The maximum absolute atomic E-state index is 13.6. The zero-order chi connectivity index (χ0) is 12.4. The van der Waals surface area contributed by atoms with Crippen molar-refractivity contribution in [3.8, 4) is 0 Å². The van der Waals surface area contributed by atoms with Crippen LogP contribution in [0.5, 0.6) is 0 Å². The molecule has 1 heterocycles. The van der Waals surface area contributed by atoms with Gasteiger partial charge in [0.05, 0.1) is 5.69 Å². The molecule has 0 saturated heterocycles. The molecule has 0 bridgehead atoms. The Morgan fingerprint density at radius 3 is 2.88 bits per heavy atom. The zero-order valence-electron chi connectivity index (χ0n) is 9.27. The van der Waals surface area contributed by atoms with Crippen molar-refractivity contribution >= 4 is 11.6 Å². The number of rotatable bonds is 3. The van der Waals surface area contributed by atoms with Crippen LogP contribution in [0.25, 0.3) is 0 Å². The second-order valence-electron chi connectivity index (χ2n) is 3.83. The van der Waals surface area contributed by atoms with Crippen molar-refractivity contribution < 1.29 is 4.39 Å². The minimum absolute atomic E-state index is 0.319. The number of aryl methyl sites for hydroxylation is 1. The van der Waals surface area contributed by atoms with Crippen LogP contribution in [0.4, 0.5) is 4.39 Å². The average Bonchev–Trinajstić information content (AvgIpc) is 2.63. The third-order valence-corrected chi connectivity index (χ3v) is 2.78. The molecule has 0 saturated carbocycles. The van der Waals surface area contributed by atoms with Crippen molar-refractivity contribution in [2.75, 3.05) is 0 Å². The van der Waals surface area contributed by atoms with Crippen molar-refractivity contribution in [1.29, 1.82) is 0 Å². The summed E-state index contributed by atoms with van der Waals surface area (Å²) in [6.45, 7) is 0. The second-order valence-corrected chi connectivity index (χ2v) is 4.24. The van der Waals surface area contributed by atoms with Gasteiger partial charge in [-0.05, 0) is 12.1 Å². The van der Waals surface area contributed by atoms with Crippen molar-refractivity contribution in [3.63, 3.8) is 0 Å². The van der Waals surface area contributed by atoms with E-state index in [4.69, 9.17) is 17.3 Å². The van der Waals surface area contributed by atoms with E-state index in [0.29, 0.717) is 22.7 Å². The van der Waals surface area contributed by atoms with Gasteiger partial charge in [0.2, 0.25) is 0 Å². The first-order valence-corrected chi connectivity index (χ1v) is 5.50. The smallest absolute Gasteiger partial charge is 0.129 e. The van der Waals surface area contributed by atoms with Gasteiger partial charge in [0, 0.05) is 36.3 Å². The first-order valence-electron chi connectivity index (χ1n) is 5.12. The SMILES string of the molecule is Cn1cc(CC(N)c2c(F)cccc2Cl)nn1. The van der Waals surface area contributed by atoms with Crippen LogP contribution in [0.1, 0.15) is 17.3 Å². The maximum Gasteiger partial charge on any atom is 0.129 e. The summed E-state index contributed by atoms with van der Waals surface area (Å²) in [5.74, 6) is -0.395. The van der Waals surface area contributed by atoms with Gasteiger partial charge in [-0.25, -0.2) is 4.39 Å². The first-order chi connectivity index (χ1) is 8.08. The summed E-state index contributed by atoms with van der Waals surface area (Å²) in [6, 6.07) is 3.99. The van der Waals surface area contributed by atoms with E-state index in [9.17, 15) is 4.39 Å². The predicted molar refractivity (Wildman–Crippen MR) is 63.0 cm³/mol. The molecule has 6 heteroatoms. The van der Waals surface area contributed by atoms with E-state index >= 15 is 0 Å². The van der Waals surface area contributed by atoms with E-state index in [0.717, 1.165) is 0 Å². The molecule has 0 radical (unpaired) electrons. The van der Waals surface area contributed by atoms with E-state index in [-0.39, 0.29) is 0 Å². The molecule has 2 N–H and O–H groups in total. The van der Waals surface area contributed by atoms with Crippen LogP contribution >= 0.6 is 11.6 Å². The standard InChI is InChI=1S/C11H12ClFN4/c1-17-6-7(15-16-17)5-10(14)11-8(12)3-2-4-9(11)13/h2-4,6,10H,5,14H2,1H3. The molecule has 0 amide bonds. The van der Waals surface area contributed by atoms with Crippen LogP contribution in [-0.2, 0) is 13.5 Å². The van der Waals surface area contributed by atoms with E-state index < -0.39 is 11.9 Å². The molecule has 2 aromatic rings. The lowest BCUT2D eigenvalue weighted by molar-refractivity contribution is 0.578. The van der Waals surface area contributed by atoms with Crippen molar-refractivity contribution in [1.82, 2.24) is 15.0 Å². The molecule has 2 rings (SSSR count). The summed E-state index contributed by atoms with van der Waals surface area (Å²) >= 11 is 5.93. The lowest BCUT2D eigenvalue weighted by atomic mass is 10.0. The molecular weight excluding hydrogens is 243 g/mol. The highest BCUT2D eigenvalue weighted by atomic mass is 35.5. The van der Waals surface area contributed by atoms with Crippen LogP contribution in [0, 0.1) is 5.82 Å². The molecule has 0 aliphatic rings. The maximum atomic E-state index is 13.6. The van der Waals surface area contributed by atoms with Crippen molar-refractivity contribution in [3.05, 3.63) is 46.5 Å². The lowest BCUT2D eigenvalue weighted by Crippen LogP contribution is -2.15. The number of hydrogen-bond donors (Lipinski definition) is 1. The Bertz CT molecular complexity index is 506. The van der Waals surface area contributed by atoms with Crippen LogP contribution in [0.2, 0.25) is 5.02 Å². The number of benzene rings is 1. The van der Waals surface area contributed by atoms with Gasteiger partial charge in [-0.2, -0.15) is 0 Å². The number of nitrogens with zero attached hydrogens (tertiary/aromatic N) is 3. The fourth-order valence-corrected chi connectivity index (χ4v) is 1.98. The molecule has 1 aromatic carbocycles. The first kappa shape index (κ1) is 12.0. The van der Waals surface area contributed by atoms with Crippen LogP contribution in [0.15, 0.2) is 24.4 Å². The Balaban J connectivity index is 2.22. The highest BCUT2D eigenvalue weighted by Crippen LogP contribution is 2.26. The Labute approximate surface area is 103 Å². The summed E-state index contributed by atoms with van der Waals surface area (Å²) in [6.07, 6.45) is 2.14. The Morgan fingerprint density at radius 1 is 1.53 bits per heavy atom. The summed E-state index contributed by atoms with van der Waals surface area (Å²) in [4.78, 5) is 0. The fourth-order valence-electron chi connectivity index (χ4n) is 1.68. The molecule has 4 nitrogen and oxygen atoms in total. The Kier molecular flexibility index (Phi) is 3.40. The molecule has 0 spiro atoms. The van der Waals surface area contributed by atoms with E-state index in [1.54, 1.807) is 30.1 Å². The van der Waals surface area contributed by atoms with Gasteiger partial charge in [0.15, 0.2) is 0 Å². The van der Waals surface area contributed by atoms with Gasteiger partial charge >= 0.3 is 0 Å². The van der Waals surface area contributed by atoms with Crippen LogP contribution in [-0.4, -0.2) is 15.0 Å². The van der Waals surface area contributed by atoms with Crippen molar-refractivity contribution in [2.24, 2.45) is 12.8 Å². The predicted octanol–water partition coefficient (Wildman–Crippen LogP) is 1.85. The van der Waals surface area contributed by atoms with Gasteiger partial charge in [-0.3, -0.25) is 4.68 Å². The van der Waals surface area contributed by atoms with Gasteiger partial charge in [-0.1, -0.05) is 22.9 Å². The van der Waals surface area contributed by atoms with Gasteiger partial charge in [0.1, 0.15) is 5.82 Å². The van der Waals surface area contributed by atoms with E-state index in [1.165, 1.54) is 6.07 Å². The molecule has 0 aliphatic carbocycles. The minimum atomic E-state index is -0.527. The number of halogens is 2. The minimum Gasteiger partial charge on any atom is -0.323 e. The molecular formula is C11H12ClFN4. The molecule has 1 aromatic heterocycles. The number of aromatic nitrogens is 3. The highest BCUT2D eigenvalue weighted by molar-refractivity contribution is 6.31. The summed E-state index contributed by atoms with van der Waals surface area (Å²) < 4.78 is 15.2. The quantitative estimate of drug-likeness (QED) is 0.910. The Hall–Kier alpha value is -1.46. The monoisotopic (exact) mass is 254 g/mol. The third kappa shape index (κ3) is 2.62. The van der Waals surface area contributed by atoms with Crippen LogP contribution in [0.3, 0.4) is 0 Å². The summed E-state index contributed by atoms with van der Waals surface area (Å²) in [7, 11) is 1.76. The van der Waals surface area contributed by atoms with E-state index in [1.807, 2.05) is 0 Å². The fraction of sp³-hybridized carbons (Fsp3) is 0.273. The number of nitrogens with two attached hydrogens (primary N) is 1. The van der Waals surface area contributed by atoms with Gasteiger partial charge in [0.25, 0.3) is 0 Å². The average molecular weight is 255 g/mol. The molecule has 1 atom stereocenters. The van der Waals surface area contributed by atoms with Crippen LogP contribution < -0.4 is 5.73 Å².